The molecule has 0 aliphatic heterocycles. The Balaban J connectivity index is 2.43. The summed E-state index contributed by atoms with van der Waals surface area (Å²) in [6.07, 6.45) is 1.98. The molecule has 2 aromatic rings. The molecule has 0 aliphatic rings. The molecule has 8 heteroatoms. The Hall–Kier alpha value is -1.32. The van der Waals surface area contributed by atoms with E-state index < -0.39 is 10.0 Å². The highest BCUT2D eigenvalue weighted by molar-refractivity contribution is 9.10. The van der Waals surface area contributed by atoms with Crippen LogP contribution in [-0.2, 0) is 10.0 Å². The number of thioether (sulfide) groups is 1. The molecule has 3 N–H and O–H groups in total. The first kappa shape index (κ1) is 19.0. The predicted octanol–water partition coefficient (Wildman–Crippen LogP) is 3.40. The third-order valence-corrected chi connectivity index (χ3v) is 5.17. The van der Waals surface area contributed by atoms with E-state index in [0.717, 1.165) is 21.4 Å². The lowest BCUT2D eigenvalue weighted by atomic mass is 10.1. The molecule has 0 unspecified atom stereocenters. The maximum Gasteiger partial charge on any atom is 0.238 e. The summed E-state index contributed by atoms with van der Waals surface area (Å²) in [5.41, 5.74) is 5.90. The van der Waals surface area contributed by atoms with Crippen molar-refractivity contribution in [2.75, 3.05) is 18.3 Å². The molecule has 0 spiro atoms. The van der Waals surface area contributed by atoms with E-state index >= 15 is 0 Å². The van der Waals surface area contributed by atoms with Gasteiger partial charge in [-0.1, -0.05) is 28.1 Å². The average molecular weight is 428 g/mol. The molecule has 0 aliphatic carbocycles. The fourth-order valence-corrected chi connectivity index (χ4v) is 3.40. The summed E-state index contributed by atoms with van der Waals surface area (Å²) < 4.78 is 23.8. The van der Waals surface area contributed by atoms with Crippen LogP contribution in [0.15, 0.2) is 63.3 Å². The molecular formula is C16H18BrN3O2S2. The van der Waals surface area contributed by atoms with Gasteiger partial charge in [0, 0.05) is 17.1 Å². The van der Waals surface area contributed by atoms with Crippen LogP contribution in [0.1, 0.15) is 5.56 Å². The predicted molar refractivity (Wildman–Crippen MR) is 105 cm³/mol. The Morgan fingerprint density at radius 3 is 2.21 bits per heavy atom. The van der Waals surface area contributed by atoms with Gasteiger partial charge in [-0.15, -0.1) is 11.8 Å². The monoisotopic (exact) mass is 427 g/mol. The van der Waals surface area contributed by atoms with E-state index in [4.69, 9.17) is 5.14 Å². The Morgan fingerprint density at radius 1 is 1.17 bits per heavy atom. The van der Waals surface area contributed by atoms with Crippen molar-refractivity contribution < 1.29 is 8.42 Å². The second-order valence-electron chi connectivity index (χ2n) is 4.84. The Kier molecular flexibility index (Phi) is 6.47. The average Bonchev–Trinajstić information content (AvgIpc) is 2.55. The molecule has 2 rings (SSSR count). The largest absolute Gasteiger partial charge is 0.276 e. The van der Waals surface area contributed by atoms with Gasteiger partial charge in [-0.2, -0.15) is 0 Å². The number of hydrogen-bond donors (Lipinski definition) is 2. The third-order valence-electron chi connectivity index (χ3n) is 3.26. The normalized spacial score (nSPS) is 12.2. The van der Waals surface area contributed by atoms with Crippen molar-refractivity contribution in [2.24, 2.45) is 5.14 Å². The molecule has 0 atom stereocenters. The molecule has 0 amide bonds. The van der Waals surface area contributed by atoms with Gasteiger partial charge in [0.2, 0.25) is 10.0 Å². The number of rotatable bonds is 6. The van der Waals surface area contributed by atoms with Gasteiger partial charge in [-0.05, 0) is 48.1 Å². The van der Waals surface area contributed by atoms with Crippen LogP contribution in [0.2, 0.25) is 0 Å². The summed E-state index contributed by atoms with van der Waals surface area (Å²) in [6.45, 7) is 0. The van der Waals surface area contributed by atoms with Crippen LogP contribution < -0.4 is 15.6 Å². The molecule has 128 valence electrons. The number of halogens is 1. The van der Waals surface area contributed by atoms with Crippen molar-refractivity contribution in [2.45, 2.75) is 4.90 Å². The zero-order chi connectivity index (χ0) is 17.7. The van der Waals surface area contributed by atoms with Gasteiger partial charge in [-0.3, -0.25) is 5.01 Å². The highest BCUT2D eigenvalue weighted by Gasteiger charge is 2.14. The highest BCUT2D eigenvalue weighted by Crippen LogP contribution is 2.28. The highest BCUT2D eigenvalue weighted by atomic mass is 79.9. The number of nitrogens with two attached hydrogens (primary N) is 1. The smallest absolute Gasteiger partial charge is 0.238 e. The summed E-state index contributed by atoms with van der Waals surface area (Å²) >= 11 is 5.02. The van der Waals surface area contributed by atoms with Crippen molar-refractivity contribution in [3.8, 4) is 0 Å². The van der Waals surface area contributed by atoms with E-state index in [2.05, 4.69) is 21.4 Å². The number of nitrogens with zero attached hydrogens (tertiary/aromatic N) is 1. The molecular weight excluding hydrogens is 410 g/mol. The minimum absolute atomic E-state index is 0.0846. The first-order chi connectivity index (χ1) is 11.4. The van der Waals surface area contributed by atoms with Gasteiger partial charge in [0.05, 0.1) is 16.3 Å². The number of nitrogens with one attached hydrogen (secondary N) is 1. The van der Waals surface area contributed by atoms with Crippen LogP contribution in [0.5, 0.6) is 0 Å². The van der Waals surface area contributed by atoms with Gasteiger partial charge in [0.25, 0.3) is 0 Å². The van der Waals surface area contributed by atoms with Crippen molar-refractivity contribution in [3.05, 3.63) is 64.0 Å². The van der Waals surface area contributed by atoms with Crippen LogP contribution in [-0.4, -0.2) is 21.7 Å². The Morgan fingerprint density at radius 2 is 1.75 bits per heavy atom. The number of sulfonamides is 1. The fraction of sp³-hybridized carbons (Fsp3) is 0.125. The second kappa shape index (κ2) is 8.17. The Labute approximate surface area is 155 Å². The first-order valence-electron chi connectivity index (χ1n) is 6.96. The van der Waals surface area contributed by atoms with Crippen molar-refractivity contribution in [3.63, 3.8) is 0 Å². The summed E-state index contributed by atoms with van der Waals surface area (Å²) in [5.74, 6) is 0. The molecule has 0 fully saturated rings. The molecule has 0 saturated carbocycles. The number of benzene rings is 2. The van der Waals surface area contributed by atoms with Crippen LogP contribution in [0, 0.1) is 0 Å². The maximum absolute atomic E-state index is 11.4. The first-order valence-corrected chi connectivity index (χ1v) is 10.6. The minimum atomic E-state index is -3.70. The molecule has 0 heterocycles. The number of primary sulfonamides is 1. The van der Waals surface area contributed by atoms with E-state index in [-0.39, 0.29) is 4.90 Å². The molecule has 0 radical (unpaired) electrons. The summed E-state index contributed by atoms with van der Waals surface area (Å²) in [6, 6.07) is 14.4. The van der Waals surface area contributed by atoms with Crippen LogP contribution in [0.3, 0.4) is 0 Å². The summed E-state index contributed by atoms with van der Waals surface area (Å²) in [4.78, 5) is 0.0846. The lowest BCUT2D eigenvalue weighted by Crippen LogP contribution is -2.33. The molecule has 24 heavy (non-hydrogen) atoms. The van der Waals surface area contributed by atoms with Gasteiger partial charge >= 0.3 is 0 Å². The maximum atomic E-state index is 11.4. The van der Waals surface area contributed by atoms with E-state index in [1.165, 1.54) is 12.1 Å². The SMILES string of the molecule is CNN(/C(=C\SC)c1ccc(Br)cc1)c1ccc(S(N)(=O)=O)cc1. The van der Waals surface area contributed by atoms with Crippen LogP contribution in [0.4, 0.5) is 5.69 Å². The molecule has 0 aromatic heterocycles. The standard InChI is InChI=1S/C16H18BrN3O2S2/c1-19-20(14-7-9-15(10-8-14)24(18,21)22)16(11-23-2)12-3-5-13(17)6-4-12/h3-11,19H,1-2H3,(H2,18,21,22)/b16-11-. The molecule has 0 bridgehead atoms. The van der Waals surface area contributed by atoms with E-state index in [1.54, 1.807) is 30.9 Å². The zero-order valence-electron chi connectivity index (χ0n) is 13.2. The van der Waals surface area contributed by atoms with Gasteiger partial charge < -0.3 is 0 Å². The zero-order valence-corrected chi connectivity index (χ0v) is 16.5. The summed E-state index contributed by atoms with van der Waals surface area (Å²) in [5, 5.41) is 9.05. The molecule has 0 saturated heterocycles. The lowest BCUT2D eigenvalue weighted by Gasteiger charge is -2.27. The number of anilines is 1. The second-order valence-corrected chi connectivity index (χ2v) is 8.03. The molecule has 5 nitrogen and oxygen atoms in total. The van der Waals surface area contributed by atoms with E-state index in [9.17, 15) is 8.42 Å². The van der Waals surface area contributed by atoms with E-state index in [1.807, 2.05) is 40.9 Å². The number of hydrazine groups is 1. The topological polar surface area (TPSA) is 75.4 Å². The van der Waals surface area contributed by atoms with Gasteiger partial charge in [-0.25, -0.2) is 19.0 Å². The van der Waals surface area contributed by atoms with Crippen LogP contribution >= 0.6 is 27.7 Å². The minimum Gasteiger partial charge on any atom is -0.276 e. The van der Waals surface area contributed by atoms with Gasteiger partial charge in [0.15, 0.2) is 0 Å². The lowest BCUT2D eigenvalue weighted by molar-refractivity contribution is 0.598. The third kappa shape index (κ3) is 4.61. The summed E-state index contributed by atoms with van der Waals surface area (Å²) in [7, 11) is -1.90. The van der Waals surface area contributed by atoms with Crippen molar-refractivity contribution in [1.82, 2.24) is 5.43 Å². The van der Waals surface area contributed by atoms with Crippen molar-refractivity contribution in [1.29, 1.82) is 0 Å². The number of hydrogen-bond acceptors (Lipinski definition) is 5. The van der Waals surface area contributed by atoms with E-state index in [0.29, 0.717) is 0 Å². The molecule has 2 aromatic carbocycles. The van der Waals surface area contributed by atoms with Crippen molar-refractivity contribution >= 4 is 49.1 Å². The fourth-order valence-electron chi connectivity index (χ4n) is 2.16. The van der Waals surface area contributed by atoms with Gasteiger partial charge in [0.1, 0.15) is 0 Å². The quantitative estimate of drug-likeness (QED) is 0.690. The van der Waals surface area contributed by atoms with Crippen LogP contribution in [0.25, 0.3) is 5.70 Å². The Bertz CT molecular complexity index is 819.